The number of fused-ring (bicyclic) bond motifs is 1. The van der Waals surface area contributed by atoms with Crippen LogP contribution in [0, 0.1) is 13.8 Å². The standard InChI is InChI=1S/C26H20Cl2O5/c1-14-4-7-17(8-5-14)24-25(23(29)19-10-6-15(2)12-22(19)32-24)33-26(30)16(3)31-21-11-9-18(27)13-20(21)28/h4-13,16H,1-3H3/t16-/m1/s1. The first kappa shape index (κ1) is 22.9. The summed E-state index contributed by atoms with van der Waals surface area (Å²) in [4.78, 5) is 26.2. The van der Waals surface area contributed by atoms with Crippen molar-refractivity contribution in [1.29, 1.82) is 0 Å². The summed E-state index contributed by atoms with van der Waals surface area (Å²) in [5.74, 6) is -0.528. The van der Waals surface area contributed by atoms with Crippen molar-refractivity contribution in [3.8, 4) is 22.8 Å². The molecule has 5 nitrogen and oxygen atoms in total. The van der Waals surface area contributed by atoms with E-state index in [2.05, 4.69) is 0 Å². The molecule has 0 aliphatic heterocycles. The van der Waals surface area contributed by atoms with Gasteiger partial charge in [-0.1, -0.05) is 59.1 Å². The highest BCUT2D eigenvalue weighted by Crippen LogP contribution is 2.32. The van der Waals surface area contributed by atoms with Crippen LogP contribution in [0.1, 0.15) is 18.1 Å². The van der Waals surface area contributed by atoms with Crippen LogP contribution in [0.2, 0.25) is 10.0 Å². The molecule has 1 aromatic heterocycles. The number of hydrogen-bond donors (Lipinski definition) is 0. The number of carbonyl (C=O) groups is 1. The quantitative estimate of drug-likeness (QED) is 0.294. The summed E-state index contributed by atoms with van der Waals surface area (Å²) in [5, 5.41) is 1.01. The van der Waals surface area contributed by atoms with Gasteiger partial charge in [-0.2, -0.15) is 0 Å². The highest BCUT2D eigenvalue weighted by molar-refractivity contribution is 6.35. The molecule has 1 atom stereocenters. The van der Waals surface area contributed by atoms with Gasteiger partial charge < -0.3 is 13.9 Å². The predicted octanol–water partition coefficient (Wildman–Crippen LogP) is 6.76. The molecule has 1 heterocycles. The van der Waals surface area contributed by atoms with E-state index in [0.29, 0.717) is 21.6 Å². The Morgan fingerprint density at radius 2 is 1.64 bits per heavy atom. The van der Waals surface area contributed by atoms with Crippen molar-refractivity contribution in [3.05, 3.63) is 92.1 Å². The third kappa shape index (κ3) is 4.90. The SMILES string of the molecule is Cc1ccc(-c2oc3cc(C)ccc3c(=O)c2OC(=O)[C@@H](C)Oc2ccc(Cl)cc2Cl)cc1. The minimum absolute atomic E-state index is 0.170. The Bertz CT molecular complexity index is 1410. The molecule has 7 heteroatoms. The van der Waals surface area contributed by atoms with Crippen molar-refractivity contribution < 1.29 is 18.7 Å². The summed E-state index contributed by atoms with van der Waals surface area (Å²) in [7, 11) is 0. The molecule has 0 saturated carbocycles. The molecule has 3 aromatic carbocycles. The van der Waals surface area contributed by atoms with Gasteiger partial charge in [0, 0.05) is 10.6 Å². The van der Waals surface area contributed by atoms with Crippen molar-refractivity contribution in [1.82, 2.24) is 0 Å². The van der Waals surface area contributed by atoms with Crippen LogP contribution >= 0.6 is 23.2 Å². The lowest BCUT2D eigenvalue weighted by molar-refractivity contribution is -0.141. The number of aryl methyl sites for hydroxylation is 2. The average molecular weight is 483 g/mol. The Balaban J connectivity index is 1.73. The maximum atomic E-state index is 13.3. The van der Waals surface area contributed by atoms with Crippen molar-refractivity contribution in [2.45, 2.75) is 26.9 Å². The minimum Gasteiger partial charge on any atom is -0.477 e. The summed E-state index contributed by atoms with van der Waals surface area (Å²) in [6, 6.07) is 17.3. The summed E-state index contributed by atoms with van der Waals surface area (Å²) < 4.78 is 17.3. The fourth-order valence-corrected chi connectivity index (χ4v) is 3.72. The average Bonchev–Trinajstić information content (AvgIpc) is 2.77. The summed E-state index contributed by atoms with van der Waals surface area (Å²) in [6.07, 6.45) is -1.05. The second-order valence-electron chi connectivity index (χ2n) is 7.71. The lowest BCUT2D eigenvalue weighted by atomic mass is 10.1. The van der Waals surface area contributed by atoms with Gasteiger partial charge in [-0.25, -0.2) is 4.79 Å². The van der Waals surface area contributed by atoms with E-state index in [1.54, 1.807) is 42.5 Å². The molecule has 4 aromatic rings. The van der Waals surface area contributed by atoms with Gasteiger partial charge in [-0.05, 0) is 56.7 Å². The smallest absolute Gasteiger partial charge is 0.352 e. The maximum Gasteiger partial charge on any atom is 0.352 e. The highest BCUT2D eigenvalue weighted by atomic mass is 35.5. The Morgan fingerprint density at radius 3 is 2.33 bits per heavy atom. The van der Waals surface area contributed by atoms with Crippen LogP contribution in [0.5, 0.6) is 11.5 Å². The Morgan fingerprint density at radius 1 is 0.939 bits per heavy atom. The number of rotatable bonds is 5. The van der Waals surface area contributed by atoms with E-state index in [1.807, 2.05) is 26.0 Å². The van der Waals surface area contributed by atoms with Crippen LogP contribution in [0.15, 0.2) is 69.9 Å². The van der Waals surface area contributed by atoms with Crippen LogP contribution in [0.3, 0.4) is 0 Å². The first-order valence-corrected chi connectivity index (χ1v) is 11.0. The topological polar surface area (TPSA) is 65.7 Å². The Hall–Kier alpha value is -3.28. The van der Waals surface area contributed by atoms with Gasteiger partial charge in [0.05, 0.1) is 10.4 Å². The fourth-order valence-electron chi connectivity index (χ4n) is 3.26. The molecule has 0 radical (unpaired) electrons. The van der Waals surface area contributed by atoms with Gasteiger partial charge in [0.2, 0.25) is 11.2 Å². The number of halogens is 2. The molecular weight excluding hydrogens is 463 g/mol. The van der Waals surface area contributed by atoms with E-state index in [9.17, 15) is 9.59 Å². The molecule has 168 valence electrons. The largest absolute Gasteiger partial charge is 0.477 e. The zero-order chi connectivity index (χ0) is 23.7. The Labute approximate surface area is 200 Å². The van der Waals surface area contributed by atoms with Crippen LogP contribution in [-0.4, -0.2) is 12.1 Å². The zero-order valence-corrected chi connectivity index (χ0v) is 19.7. The van der Waals surface area contributed by atoms with E-state index >= 15 is 0 Å². The van der Waals surface area contributed by atoms with E-state index in [-0.39, 0.29) is 22.3 Å². The van der Waals surface area contributed by atoms with Gasteiger partial charge in [0.25, 0.3) is 0 Å². The molecule has 0 fully saturated rings. The second kappa shape index (κ2) is 9.30. The summed E-state index contributed by atoms with van der Waals surface area (Å²) >= 11 is 12.0. The van der Waals surface area contributed by atoms with Crippen molar-refractivity contribution in [2.24, 2.45) is 0 Å². The fraction of sp³-hybridized carbons (Fsp3) is 0.154. The number of ether oxygens (including phenoxy) is 2. The first-order valence-electron chi connectivity index (χ1n) is 10.2. The van der Waals surface area contributed by atoms with Gasteiger partial charge in [0.1, 0.15) is 11.3 Å². The van der Waals surface area contributed by atoms with E-state index in [0.717, 1.165) is 11.1 Å². The lowest BCUT2D eigenvalue weighted by Gasteiger charge is -2.16. The number of carbonyl (C=O) groups excluding carboxylic acids is 1. The maximum absolute atomic E-state index is 13.3. The molecule has 0 N–H and O–H groups in total. The van der Waals surface area contributed by atoms with Crippen LogP contribution < -0.4 is 14.9 Å². The van der Waals surface area contributed by atoms with Gasteiger partial charge in [-0.3, -0.25) is 4.79 Å². The van der Waals surface area contributed by atoms with Crippen LogP contribution in [-0.2, 0) is 4.79 Å². The minimum atomic E-state index is -1.05. The molecule has 0 amide bonds. The van der Waals surface area contributed by atoms with E-state index < -0.39 is 17.5 Å². The molecule has 0 spiro atoms. The van der Waals surface area contributed by atoms with Crippen molar-refractivity contribution >= 4 is 40.1 Å². The zero-order valence-electron chi connectivity index (χ0n) is 18.1. The van der Waals surface area contributed by atoms with Gasteiger partial charge in [-0.15, -0.1) is 0 Å². The van der Waals surface area contributed by atoms with E-state index in [4.69, 9.17) is 37.1 Å². The first-order chi connectivity index (χ1) is 15.7. The molecule has 0 aliphatic rings. The third-order valence-corrected chi connectivity index (χ3v) is 5.58. The normalized spacial score (nSPS) is 11.9. The van der Waals surface area contributed by atoms with E-state index in [1.165, 1.54) is 13.0 Å². The van der Waals surface area contributed by atoms with Crippen LogP contribution in [0.4, 0.5) is 0 Å². The van der Waals surface area contributed by atoms with Gasteiger partial charge in [0.15, 0.2) is 11.9 Å². The summed E-state index contributed by atoms with van der Waals surface area (Å²) in [5.41, 5.74) is 2.55. The monoisotopic (exact) mass is 482 g/mol. The Kier molecular flexibility index (Phi) is 6.45. The molecule has 0 bridgehead atoms. The number of hydrogen-bond acceptors (Lipinski definition) is 5. The number of benzene rings is 3. The molecule has 4 rings (SSSR count). The van der Waals surface area contributed by atoms with Crippen molar-refractivity contribution in [2.75, 3.05) is 0 Å². The molecule has 0 aliphatic carbocycles. The summed E-state index contributed by atoms with van der Waals surface area (Å²) in [6.45, 7) is 5.36. The lowest BCUT2D eigenvalue weighted by Crippen LogP contribution is -2.30. The number of esters is 1. The highest BCUT2D eigenvalue weighted by Gasteiger charge is 2.25. The molecule has 0 saturated heterocycles. The molecule has 33 heavy (non-hydrogen) atoms. The predicted molar refractivity (Wildman–Crippen MR) is 130 cm³/mol. The second-order valence-corrected chi connectivity index (χ2v) is 8.55. The molecule has 0 unspecified atom stereocenters. The van der Waals surface area contributed by atoms with Crippen LogP contribution in [0.25, 0.3) is 22.3 Å². The van der Waals surface area contributed by atoms with Crippen molar-refractivity contribution in [3.63, 3.8) is 0 Å². The van der Waals surface area contributed by atoms with Gasteiger partial charge >= 0.3 is 5.97 Å². The third-order valence-electron chi connectivity index (χ3n) is 5.05. The molecular formula is C26H20Cl2O5.